The number of nitrogens with zero attached hydrogens (tertiary/aromatic N) is 4. The number of rotatable bonds is 3. The first-order valence-electron chi connectivity index (χ1n) is 10.8. The number of fused-ring (bicyclic) bond motifs is 3. The van der Waals surface area contributed by atoms with Crippen LogP contribution in [0.1, 0.15) is 24.1 Å². The number of carbonyl (C=O) groups is 1. The van der Waals surface area contributed by atoms with E-state index in [0.717, 1.165) is 29.7 Å². The lowest BCUT2D eigenvalue weighted by Gasteiger charge is -2.11. The first kappa shape index (κ1) is 19.7. The van der Waals surface area contributed by atoms with Crippen molar-refractivity contribution in [1.82, 2.24) is 25.1 Å². The first-order chi connectivity index (χ1) is 15.9. The molecule has 4 N–H and O–H groups in total. The number of carbonyl (C=O) groups excluding carboxylic acids is 1. The fourth-order valence-electron chi connectivity index (χ4n) is 4.56. The summed E-state index contributed by atoms with van der Waals surface area (Å²) >= 11 is 0. The maximum absolute atomic E-state index is 14.9. The van der Waals surface area contributed by atoms with Crippen molar-refractivity contribution in [3.63, 3.8) is 0 Å². The third kappa shape index (κ3) is 3.27. The van der Waals surface area contributed by atoms with Crippen LogP contribution < -0.4 is 16.4 Å². The van der Waals surface area contributed by atoms with Crippen molar-refractivity contribution in [1.29, 1.82) is 0 Å². The van der Waals surface area contributed by atoms with Crippen molar-refractivity contribution in [2.75, 3.05) is 17.6 Å². The van der Waals surface area contributed by atoms with E-state index in [9.17, 15) is 9.18 Å². The van der Waals surface area contributed by atoms with Crippen LogP contribution in [0.15, 0.2) is 42.9 Å². The molecule has 8 nitrogen and oxygen atoms in total. The van der Waals surface area contributed by atoms with E-state index in [0.29, 0.717) is 40.2 Å². The van der Waals surface area contributed by atoms with Gasteiger partial charge in [0.05, 0.1) is 11.9 Å². The second kappa shape index (κ2) is 6.99. The number of nitrogen functional groups attached to an aromatic ring is 1. The molecule has 1 spiro atoms. The van der Waals surface area contributed by atoms with Crippen molar-refractivity contribution < 1.29 is 9.18 Å². The van der Waals surface area contributed by atoms with Gasteiger partial charge in [-0.15, -0.1) is 0 Å². The zero-order valence-electron chi connectivity index (χ0n) is 18.0. The van der Waals surface area contributed by atoms with Crippen molar-refractivity contribution >= 4 is 34.0 Å². The van der Waals surface area contributed by atoms with Gasteiger partial charge in [0.15, 0.2) is 5.82 Å². The zero-order valence-corrected chi connectivity index (χ0v) is 18.0. The van der Waals surface area contributed by atoms with Gasteiger partial charge in [-0.2, -0.15) is 5.10 Å². The Morgan fingerprint density at radius 3 is 2.82 bits per heavy atom. The smallest absolute Gasteiger partial charge is 0.241 e. The maximum atomic E-state index is 14.9. The minimum atomic E-state index is -0.362. The van der Waals surface area contributed by atoms with Crippen LogP contribution in [0.4, 0.5) is 21.7 Å². The molecule has 166 valence electrons. The van der Waals surface area contributed by atoms with Gasteiger partial charge in [0.1, 0.15) is 18.2 Å². The molecule has 3 aromatic heterocycles. The molecule has 0 saturated heterocycles. The van der Waals surface area contributed by atoms with Gasteiger partial charge in [0.2, 0.25) is 5.91 Å². The monoisotopic (exact) mass is 443 g/mol. The summed E-state index contributed by atoms with van der Waals surface area (Å²) in [6, 6.07) is 7.16. The number of amides is 1. The second-order valence-corrected chi connectivity index (χ2v) is 8.90. The van der Waals surface area contributed by atoms with Crippen LogP contribution in [-0.4, -0.2) is 32.2 Å². The highest BCUT2D eigenvalue weighted by molar-refractivity contribution is 5.90. The van der Waals surface area contributed by atoms with E-state index in [1.54, 1.807) is 23.1 Å². The highest BCUT2D eigenvalue weighted by atomic mass is 19.1. The minimum absolute atomic E-state index is 0.0165. The molecule has 4 heterocycles. The summed E-state index contributed by atoms with van der Waals surface area (Å²) in [6.45, 7) is 2.74. The molecule has 0 atom stereocenters. The number of nitrogens with two attached hydrogens (primary N) is 1. The van der Waals surface area contributed by atoms with Crippen molar-refractivity contribution in [2.45, 2.75) is 31.7 Å². The number of anilines is 3. The molecule has 0 radical (unpaired) electrons. The zero-order chi connectivity index (χ0) is 22.7. The number of pyridine rings is 2. The number of halogens is 1. The number of nitrogens with one attached hydrogen (secondary N) is 2. The van der Waals surface area contributed by atoms with Crippen LogP contribution in [0, 0.1) is 12.7 Å². The van der Waals surface area contributed by atoms with Gasteiger partial charge in [0.25, 0.3) is 0 Å². The van der Waals surface area contributed by atoms with Gasteiger partial charge < -0.3 is 16.4 Å². The van der Waals surface area contributed by atoms with Crippen molar-refractivity contribution in [3.05, 3.63) is 59.9 Å². The van der Waals surface area contributed by atoms with Crippen LogP contribution >= 0.6 is 0 Å². The molecule has 4 aromatic rings. The van der Waals surface area contributed by atoms with Gasteiger partial charge in [-0.3, -0.25) is 14.5 Å². The summed E-state index contributed by atoms with van der Waals surface area (Å²) in [5, 5.41) is 11.9. The molecule has 9 heteroatoms. The summed E-state index contributed by atoms with van der Waals surface area (Å²) in [7, 11) is 0. The Morgan fingerprint density at radius 1 is 1.15 bits per heavy atom. The Kier molecular flexibility index (Phi) is 4.17. The Hall–Kier alpha value is -4.01. The molecule has 0 bridgehead atoms. The lowest BCUT2D eigenvalue weighted by atomic mass is 9.99. The van der Waals surface area contributed by atoms with Gasteiger partial charge in [0, 0.05) is 47.1 Å². The van der Waals surface area contributed by atoms with Crippen molar-refractivity contribution in [2.24, 2.45) is 0 Å². The highest BCUT2D eigenvalue weighted by Gasteiger charge is 2.48. The minimum Gasteiger partial charge on any atom is -0.397 e. The molecule has 0 unspecified atom stereocenters. The molecule has 6 rings (SSSR count). The molecular weight excluding hydrogens is 421 g/mol. The molecular formula is C24H22FN7O. The van der Waals surface area contributed by atoms with Crippen LogP contribution in [0.3, 0.4) is 0 Å². The lowest BCUT2D eigenvalue weighted by molar-refractivity contribution is -0.121. The average Bonchev–Trinajstić information content (AvgIpc) is 3.50. The first-order valence-corrected chi connectivity index (χ1v) is 10.8. The highest BCUT2D eigenvalue weighted by Crippen LogP contribution is 2.49. The van der Waals surface area contributed by atoms with E-state index in [-0.39, 0.29) is 23.7 Å². The molecule has 1 saturated carbocycles. The largest absolute Gasteiger partial charge is 0.397 e. The van der Waals surface area contributed by atoms with E-state index < -0.39 is 0 Å². The standard InChI is InChI=1S/C24H22FN7O/c1-13-16(8-27-10-19(13)26)14-4-15-6-21(28-9-17(15)18(25)5-14)30-22-7-20-24(2-3-24)12-29-23(33)11-32(20)31-22/h4-10H,2-3,11-12,26H2,1H3,(H,29,33)(H,28,30,31). The Bertz CT molecular complexity index is 1440. The van der Waals surface area contributed by atoms with Crippen LogP contribution in [0.25, 0.3) is 21.9 Å². The van der Waals surface area contributed by atoms with Crippen LogP contribution in [-0.2, 0) is 16.8 Å². The average molecular weight is 443 g/mol. The fourth-order valence-corrected chi connectivity index (χ4v) is 4.56. The molecule has 1 aliphatic carbocycles. The summed E-state index contributed by atoms with van der Waals surface area (Å²) in [6.07, 6.45) is 6.86. The van der Waals surface area contributed by atoms with Crippen LogP contribution in [0.5, 0.6) is 0 Å². The van der Waals surface area contributed by atoms with Gasteiger partial charge in [-0.25, -0.2) is 9.37 Å². The maximum Gasteiger partial charge on any atom is 0.241 e. The third-order valence-corrected chi connectivity index (χ3v) is 6.70. The predicted molar refractivity (Wildman–Crippen MR) is 124 cm³/mol. The molecule has 33 heavy (non-hydrogen) atoms. The summed E-state index contributed by atoms with van der Waals surface area (Å²) in [4.78, 5) is 20.6. The van der Waals surface area contributed by atoms with Gasteiger partial charge in [-0.05, 0) is 54.5 Å². The normalized spacial score (nSPS) is 16.4. The SMILES string of the molecule is Cc1c(N)cncc1-c1cc(F)c2cnc(Nc3cc4n(n3)CC(=O)NCC43CC3)cc2c1. The Balaban J connectivity index is 1.37. The summed E-state index contributed by atoms with van der Waals surface area (Å²) in [5.74, 6) is 0.765. The fraction of sp³-hybridized carbons (Fsp3) is 0.250. The van der Waals surface area contributed by atoms with E-state index >= 15 is 0 Å². The van der Waals surface area contributed by atoms with Crippen molar-refractivity contribution in [3.8, 4) is 11.1 Å². The molecule has 1 fully saturated rings. The van der Waals surface area contributed by atoms with Gasteiger partial charge >= 0.3 is 0 Å². The van der Waals surface area contributed by atoms with E-state index in [2.05, 4.69) is 25.7 Å². The third-order valence-electron chi connectivity index (χ3n) is 6.70. The van der Waals surface area contributed by atoms with E-state index in [1.165, 1.54) is 12.3 Å². The number of benzene rings is 1. The quantitative estimate of drug-likeness (QED) is 0.447. The molecule has 1 amide bonds. The number of aromatic nitrogens is 4. The molecule has 1 aromatic carbocycles. The van der Waals surface area contributed by atoms with E-state index in [1.807, 2.05) is 19.1 Å². The van der Waals surface area contributed by atoms with E-state index in [4.69, 9.17) is 5.73 Å². The Labute approximate surface area is 189 Å². The molecule has 1 aliphatic heterocycles. The molecule has 2 aliphatic rings. The number of hydrogen-bond donors (Lipinski definition) is 3. The topological polar surface area (TPSA) is 111 Å². The lowest BCUT2D eigenvalue weighted by Crippen LogP contribution is -2.29. The Morgan fingerprint density at radius 2 is 2.00 bits per heavy atom. The van der Waals surface area contributed by atoms with Gasteiger partial charge in [-0.1, -0.05) is 0 Å². The second-order valence-electron chi connectivity index (χ2n) is 8.90. The summed E-state index contributed by atoms with van der Waals surface area (Å²) in [5.41, 5.74) is 9.93. The summed E-state index contributed by atoms with van der Waals surface area (Å²) < 4.78 is 16.6. The van der Waals surface area contributed by atoms with Crippen LogP contribution in [0.2, 0.25) is 0 Å². The number of hydrogen-bond acceptors (Lipinski definition) is 6. The predicted octanol–water partition coefficient (Wildman–Crippen LogP) is 3.43.